The van der Waals surface area contributed by atoms with E-state index in [1.54, 1.807) is 0 Å². The third-order valence-corrected chi connectivity index (χ3v) is 4.06. The summed E-state index contributed by atoms with van der Waals surface area (Å²) in [5.74, 6) is 0. The van der Waals surface area contributed by atoms with Gasteiger partial charge in [0.25, 0.3) is 0 Å². The van der Waals surface area contributed by atoms with Crippen LogP contribution in [0.1, 0.15) is 31.0 Å². The Morgan fingerprint density at radius 2 is 2.00 bits per heavy atom. The fourth-order valence-electron chi connectivity index (χ4n) is 3.06. The van der Waals surface area contributed by atoms with Gasteiger partial charge in [-0.3, -0.25) is 9.88 Å². The van der Waals surface area contributed by atoms with Crippen LogP contribution in [0.5, 0.6) is 0 Å². The first-order valence-electron chi connectivity index (χ1n) is 7.10. The number of hydrogen-bond acceptors (Lipinski definition) is 4. The minimum atomic E-state index is -0.117. The van der Waals surface area contributed by atoms with Crippen LogP contribution in [0.2, 0.25) is 0 Å². The summed E-state index contributed by atoms with van der Waals surface area (Å²) in [5, 5.41) is 0. The molecule has 4 nitrogen and oxygen atoms in total. The Labute approximate surface area is 114 Å². The van der Waals surface area contributed by atoms with Crippen molar-refractivity contribution in [1.82, 2.24) is 9.88 Å². The number of aromatic nitrogens is 1. The van der Waals surface area contributed by atoms with Crippen LogP contribution in [0.4, 0.5) is 0 Å². The Balaban J connectivity index is 1.83. The van der Waals surface area contributed by atoms with E-state index in [1.807, 2.05) is 12.3 Å². The quantitative estimate of drug-likeness (QED) is 0.834. The molecule has 3 rings (SSSR count). The molecule has 0 spiro atoms. The van der Waals surface area contributed by atoms with Crippen molar-refractivity contribution in [3.05, 3.63) is 29.6 Å². The van der Waals surface area contributed by atoms with Crippen LogP contribution in [0.25, 0.3) is 0 Å². The normalized spacial score (nSPS) is 23.6. The zero-order valence-corrected chi connectivity index (χ0v) is 11.6. The van der Waals surface area contributed by atoms with Crippen LogP contribution >= 0.6 is 0 Å². The van der Waals surface area contributed by atoms with E-state index < -0.39 is 0 Å². The Morgan fingerprint density at radius 1 is 1.26 bits per heavy atom. The molecule has 1 aromatic heterocycles. The molecular weight excluding hydrogens is 240 g/mol. The van der Waals surface area contributed by atoms with E-state index in [0.29, 0.717) is 20.0 Å². The molecule has 0 bridgehead atoms. The molecule has 0 atom stereocenters. The van der Waals surface area contributed by atoms with Crippen LogP contribution in [0.15, 0.2) is 18.3 Å². The van der Waals surface area contributed by atoms with Gasteiger partial charge in [-0.1, -0.05) is 6.07 Å². The first kappa shape index (κ1) is 13.0. The highest BCUT2D eigenvalue weighted by atomic mass is 16.7. The fraction of sp³-hybridized carbons (Fsp3) is 0.667. The Kier molecular flexibility index (Phi) is 3.82. The second-order valence-electron chi connectivity index (χ2n) is 5.87. The summed E-state index contributed by atoms with van der Waals surface area (Å²) in [6.45, 7) is 7.38. The maximum Gasteiger partial charge on any atom is 0.146 e. The van der Waals surface area contributed by atoms with Crippen LogP contribution in [0, 0.1) is 0 Å². The van der Waals surface area contributed by atoms with Crippen molar-refractivity contribution in [2.75, 3.05) is 33.1 Å². The second kappa shape index (κ2) is 5.57. The van der Waals surface area contributed by atoms with Gasteiger partial charge in [0.05, 0.1) is 24.3 Å². The van der Waals surface area contributed by atoms with Crippen LogP contribution in [0.3, 0.4) is 0 Å². The lowest BCUT2D eigenvalue weighted by atomic mass is 9.85. The summed E-state index contributed by atoms with van der Waals surface area (Å²) < 4.78 is 11.0. The van der Waals surface area contributed by atoms with Gasteiger partial charge in [0.2, 0.25) is 0 Å². The molecular formula is C15H22N2O2. The molecule has 0 aliphatic carbocycles. The molecule has 2 aliphatic heterocycles. The Bertz CT molecular complexity index is 424. The molecule has 0 amide bonds. The average Bonchev–Trinajstić information content (AvgIpc) is 2.93. The number of rotatable bonds is 3. The molecule has 2 fully saturated rings. The third-order valence-electron chi connectivity index (χ3n) is 4.06. The molecule has 19 heavy (non-hydrogen) atoms. The lowest BCUT2D eigenvalue weighted by Crippen LogP contribution is -2.40. The molecule has 0 unspecified atom stereocenters. The highest BCUT2D eigenvalue weighted by Crippen LogP contribution is 2.29. The molecule has 104 valence electrons. The van der Waals surface area contributed by atoms with E-state index in [1.165, 1.54) is 31.5 Å². The summed E-state index contributed by atoms with van der Waals surface area (Å²) in [4.78, 5) is 7.14. The molecule has 4 heteroatoms. The van der Waals surface area contributed by atoms with E-state index in [0.717, 1.165) is 12.2 Å². The van der Waals surface area contributed by atoms with Gasteiger partial charge >= 0.3 is 0 Å². The van der Waals surface area contributed by atoms with Gasteiger partial charge < -0.3 is 9.47 Å². The van der Waals surface area contributed by atoms with Crippen molar-refractivity contribution in [2.24, 2.45) is 0 Å². The molecule has 1 aromatic rings. The Hall–Kier alpha value is -0.970. The molecule has 2 saturated heterocycles. The highest BCUT2D eigenvalue weighted by molar-refractivity contribution is 5.28. The first-order valence-corrected chi connectivity index (χ1v) is 7.10. The third kappa shape index (κ3) is 2.81. The fourth-order valence-corrected chi connectivity index (χ4v) is 3.06. The van der Waals surface area contributed by atoms with Crippen LogP contribution < -0.4 is 0 Å². The average molecular weight is 262 g/mol. The topological polar surface area (TPSA) is 34.6 Å². The van der Waals surface area contributed by atoms with Gasteiger partial charge in [-0.2, -0.15) is 0 Å². The minimum Gasteiger partial charge on any atom is -0.354 e. The molecule has 0 N–H and O–H groups in total. The largest absolute Gasteiger partial charge is 0.354 e. The predicted molar refractivity (Wildman–Crippen MR) is 72.9 cm³/mol. The van der Waals surface area contributed by atoms with Crippen molar-refractivity contribution in [3.8, 4) is 0 Å². The SMILES string of the molecule is CC1(c2ncccc2CN2CCCC2)COCOC1. The van der Waals surface area contributed by atoms with Gasteiger partial charge in [-0.25, -0.2) is 0 Å². The number of nitrogens with zero attached hydrogens (tertiary/aromatic N) is 2. The van der Waals surface area contributed by atoms with E-state index in [4.69, 9.17) is 9.47 Å². The molecule has 0 aromatic carbocycles. The van der Waals surface area contributed by atoms with Crippen LogP contribution in [-0.2, 0) is 21.4 Å². The summed E-state index contributed by atoms with van der Waals surface area (Å²) in [6.07, 6.45) is 4.51. The lowest BCUT2D eigenvalue weighted by molar-refractivity contribution is -0.135. The van der Waals surface area contributed by atoms with Crippen molar-refractivity contribution < 1.29 is 9.47 Å². The van der Waals surface area contributed by atoms with Crippen LogP contribution in [-0.4, -0.2) is 43.0 Å². The minimum absolute atomic E-state index is 0.117. The van der Waals surface area contributed by atoms with Gasteiger partial charge in [0.1, 0.15) is 6.79 Å². The van der Waals surface area contributed by atoms with E-state index in [2.05, 4.69) is 22.9 Å². The van der Waals surface area contributed by atoms with Gasteiger partial charge in [-0.15, -0.1) is 0 Å². The molecule has 0 saturated carbocycles. The zero-order chi connectivity index (χ0) is 13.1. The van der Waals surface area contributed by atoms with E-state index in [9.17, 15) is 0 Å². The maximum absolute atomic E-state index is 5.49. The number of pyridine rings is 1. The zero-order valence-electron chi connectivity index (χ0n) is 11.6. The number of hydrogen-bond donors (Lipinski definition) is 0. The van der Waals surface area contributed by atoms with Crippen molar-refractivity contribution in [1.29, 1.82) is 0 Å². The standard InChI is InChI=1S/C15H22N2O2/c1-15(10-18-12-19-11-15)14-13(5-4-6-16-14)9-17-7-2-3-8-17/h4-6H,2-3,7-12H2,1H3. The van der Waals surface area contributed by atoms with E-state index in [-0.39, 0.29) is 5.41 Å². The lowest BCUT2D eigenvalue weighted by Gasteiger charge is -2.34. The summed E-state index contributed by atoms with van der Waals surface area (Å²) in [6, 6.07) is 4.23. The predicted octanol–water partition coefficient (Wildman–Crippen LogP) is 1.94. The van der Waals surface area contributed by atoms with E-state index >= 15 is 0 Å². The van der Waals surface area contributed by atoms with Gasteiger partial charge in [0.15, 0.2) is 0 Å². The monoisotopic (exact) mass is 262 g/mol. The molecule has 0 radical (unpaired) electrons. The van der Waals surface area contributed by atoms with Crippen molar-refractivity contribution in [2.45, 2.75) is 31.7 Å². The maximum atomic E-state index is 5.49. The van der Waals surface area contributed by atoms with Crippen molar-refractivity contribution >= 4 is 0 Å². The smallest absolute Gasteiger partial charge is 0.146 e. The van der Waals surface area contributed by atoms with Crippen molar-refractivity contribution in [3.63, 3.8) is 0 Å². The Morgan fingerprint density at radius 3 is 2.74 bits per heavy atom. The highest BCUT2D eigenvalue weighted by Gasteiger charge is 2.34. The van der Waals surface area contributed by atoms with Gasteiger partial charge in [0, 0.05) is 12.7 Å². The summed E-state index contributed by atoms with van der Waals surface area (Å²) in [5.41, 5.74) is 2.34. The molecule has 2 aliphatic rings. The molecule has 3 heterocycles. The summed E-state index contributed by atoms with van der Waals surface area (Å²) >= 11 is 0. The number of likely N-dealkylation sites (tertiary alicyclic amines) is 1. The second-order valence-corrected chi connectivity index (χ2v) is 5.87. The first-order chi connectivity index (χ1) is 9.28. The number of ether oxygens (including phenoxy) is 2. The summed E-state index contributed by atoms with van der Waals surface area (Å²) in [7, 11) is 0. The van der Waals surface area contributed by atoms with Gasteiger partial charge in [-0.05, 0) is 44.5 Å².